The summed E-state index contributed by atoms with van der Waals surface area (Å²) in [6.45, 7) is 4.68. The predicted molar refractivity (Wildman–Crippen MR) is 234 cm³/mol. The molecule has 1 N–H and O–H groups in total. The Kier molecular flexibility index (Phi) is 37.2. The first kappa shape index (κ1) is 53.3. The van der Waals surface area contributed by atoms with E-state index in [9.17, 15) is 19.5 Å². The Balaban J connectivity index is 4.39. The van der Waals surface area contributed by atoms with Crippen LogP contribution >= 0.6 is 0 Å². The van der Waals surface area contributed by atoms with Crippen molar-refractivity contribution in [3.8, 4) is 0 Å². The zero-order valence-electron chi connectivity index (χ0n) is 36.8. The smallest absolute Gasteiger partial charge is 0.362 e. The van der Waals surface area contributed by atoms with Gasteiger partial charge in [-0.05, 0) is 64.2 Å². The Morgan fingerprint density at radius 3 is 1.45 bits per heavy atom. The summed E-state index contributed by atoms with van der Waals surface area (Å²) in [6.07, 6.45) is 45.8. The molecule has 0 rings (SSSR count). The van der Waals surface area contributed by atoms with Gasteiger partial charge < -0.3 is 23.8 Å². The van der Waals surface area contributed by atoms with Gasteiger partial charge in [0.15, 0.2) is 12.1 Å². The van der Waals surface area contributed by atoms with Gasteiger partial charge in [0.1, 0.15) is 6.61 Å². The van der Waals surface area contributed by atoms with Crippen LogP contribution in [0.1, 0.15) is 187 Å². The largest absolute Gasteiger partial charge is 0.477 e. The zero-order chi connectivity index (χ0) is 41.4. The van der Waals surface area contributed by atoms with Crippen LogP contribution < -0.4 is 0 Å². The summed E-state index contributed by atoms with van der Waals surface area (Å²) in [4.78, 5) is 37.0. The number of ether oxygens (including phenoxy) is 3. The Labute approximate surface area is 344 Å². The van der Waals surface area contributed by atoms with Gasteiger partial charge in [0.05, 0.1) is 34.4 Å². The number of rotatable bonds is 40. The van der Waals surface area contributed by atoms with Gasteiger partial charge in [-0.15, -0.1) is 0 Å². The number of hydrogen-bond donors (Lipinski definition) is 1. The average molecular weight is 789 g/mol. The number of likely N-dealkylation sites (N-methyl/N-ethyl adjacent to an activating group) is 1. The molecule has 2 unspecified atom stereocenters. The zero-order valence-corrected chi connectivity index (χ0v) is 36.8. The van der Waals surface area contributed by atoms with Gasteiger partial charge >= 0.3 is 17.9 Å². The lowest BCUT2D eigenvalue weighted by atomic mass is 10.1. The first-order chi connectivity index (χ1) is 27.1. The molecule has 0 aromatic rings. The molecular weight excluding hydrogens is 703 g/mol. The van der Waals surface area contributed by atoms with Crippen LogP contribution in [0.4, 0.5) is 0 Å². The number of carboxylic acid groups (broad SMARTS) is 1. The molecule has 0 radical (unpaired) electrons. The standard InChI is InChI=1S/C48H85NO7/c1-6-8-10-12-14-16-18-20-22-23-24-25-27-28-30-32-34-36-38-46(50)55-43-44(42-54-41-40-45(48(52)53)49(3,4)5)56-47(51)39-37-35-33-31-29-26-21-19-17-15-13-11-9-7-2/h18,20,22-26,29,44-45H,6-17,19,21,27-28,30-43H2,1-5H3/p+1/b20-18+,23-22+,25-24+,29-26+. The molecule has 0 aliphatic carbocycles. The van der Waals surface area contributed by atoms with E-state index >= 15 is 0 Å². The maximum Gasteiger partial charge on any atom is 0.362 e. The van der Waals surface area contributed by atoms with E-state index in [0.717, 1.165) is 77.0 Å². The van der Waals surface area contributed by atoms with Crippen LogP contribution in [-0.4, -0.2) is 80.6 Å². The lowest BCUT2D eigenvalue weighted by molar-refractivity contribution is -0.887. The van der Waals surface area contributed by atoms with Crippen molar-refractivity contribution in [2.24, 2.45) is 0 Å². The van der Waals surface area contributed by atoms with Gasteiger partial charge in [-0.25, -0.2) is 4.79 Å². The highest BCUT2D eigenvalue weighted by Gasteiger charge is 2.31. The molecule has 0 aliphatic heterocycles. The van der Waals surface area contributed by atoms with E-state index in [-0.39, 0.29) is 36.2 Å². The molecule has 0 aromatic carbocycles. The van der Waals surface area contributed by atoms with Crippen molar-refractivity contribution in [2.45, 2.75) is 199 Å². The van der Waals surface area contributed by atoms with Crippen LogP contribution in [0.25, 0.3) is 0 Å². The Morgan fingerprint density at radius 1 is 0.536 bits per heavy atom. The normalized spacial score (nSPS) is 13.4. The van der Waals surface area contributed by atoms with Crippen LogP contribution in [0.15, 0.2) is 48.6 Å². The lowest BCUT2D eigenvalue weighted by Crippen LogP contribution is -2.50. The molecule has 0 aliphatic rings. The van der Waals surface area contributed by atoms with Crippen molar-refractivity contribution in [1.82, 2.24) is 0 Å². The third-order valence-electron chi connectivity index (χ3n) is 10.0. The molecule has 2 atom stereocenters. The SMILES string of the molecule is CCCCCCC/C=C/C=C/C=C/CCCCCCCC(=O)OCC(COCCC(C(=O)O)[N+](C)(C)C)OC(=O)CCCCC/C=C/CCCCCCCCC. The van der Waals surface area contributed by atoms with Crippen molar-refractivity contribution < 1.29 is 38.2 Å². The van der Waals surface area contributed by atoms with Gasteiger partial charge in [-0.1, -0.05) is 152 Å². The Bertz CT molecular complexity index is 1060. The predicted octanol–water partition coefficient (Wildman–Crippen LogP) is 12.4. The van der Waals surface area contributed by atoms with E-state index in [1.807, 2.05) is 21.1 Å². The summed E-state index contributed by atoms with van der Waals surface area (Å²) in [7, 11) is 5.51. The number of aliphatic carboxylic acids is 1. The maximum absolute atomic E-state index is 12.7. The van der Waals surface area contributed by atoms with E-state index in [1.54, 1.807) is 0 Å². The monoisotopic (exact) mass is 789 g/mol. The van der Waals surface area contributed by atoms with E-state index in [4.69, 9.17) is 14.2 Å². The molecule has 8 heteroatoms. The molecule has 0 bridgehead atoms. The van der Waals surface area contributed by atoms with Crippen LogP contribution in [0.5, 0.6) is 0 Å². The molecule has 56 heavy (non-hydrogen) atoms. The molecule has 0 amide bonds. The van der Waals surface area contributed by atoms with E-state index in [2.05, 4.69) is 62.5 Å². The van der Waals surface area contributed by atoms with Crippen LogP contribution in [-0.2, 0) is 28.6 Å². The molecule has 0 saturated carbocycles. The number of allylic oxidation sites excluding steroid dienone is 8. The van der Waals surface area contributed by atoms with Crippen LogP contribution in [0.3, 0.4) is 0 Å². The second kappa shape index (κ2) is 39.1. The van der Waals surface area contributed by atoms with E-state index in [0.29, 0.717) is 19.3 Å². The lowest BCUT2D eigenvalue weighted by Gasteiger charge is -2.31. The maximum atomic E-state index is 12.7. The molecule has 0 saturated heterocycles. The first-order valence-corrected chi connectivity index (χ1v) is 22.7. The van der Waals surface area contributed by atoms with Gasteiger partial charge in [0, 0.05) is 19.3 Å². The minimum atomic E-state index is -0.881. The van der Waals surface area contributed by atoms with Crippen LogP contribution in [0.2, 0.25) is 0 Å². The third kappa shape index (κ3) is 36.9. The van der Waals surface area contributed by atoms with Gasteiger partial charge in [0.25, 0.3) is 0 Å². The number of quaternary nitrogens is 1. The van der Waals surface area contributed by atoms with Gasteiger partial charge in [0.2, 0.25) is 0 Å². The topological polar surface area (TPSA) is 99.1 Å². The fourth-order valence-corrected chi connectivity index (χ4v) is 6.44. The minimum Gasteiger partial charge on any atom is -0.477 e. The highest BCUT2D eigenvalue weighted by Crippen LogP contribution is 2.13. The Hall–Kier alpha value is -2.71. The van der Waals surface area contributed by atoms with Gasteiger partial charge in [-0.2, -0.15) is 0 Å². The third-order valence-corrected chi connectivity index (χ3v) is 10.0. The number of esters is 2. The summed E-state index contributed by atoms with van der Waals surface area (Å²) in [5.74, 6) is -1.51. The second-order valence-electron chi connectivity index (χ2n) is 16.4. The van der Waals surface area contributed by atoms with Crippen molar-refractivity contribution in [1.29, 1.82) is 0 Å². The molecule has 324 valence electrons. The summed E-state index contributed by atoms with van der Waals surface area (Å²) in [5.41, 5.74) is 0. The molecule has 0 heterocycles. The quantitative estimate of drug-likeness (QED) is 0.0217. The molecule has 0 fully saturated rings. The average Bonchev–Trinajstić information content (AvgIpc) is 3.15. The summed E-state index contributed by atoms with van der Waals surface area (Å²) >= 11 is 0. The fourth-order valence-electron chi connectivity index (χ4n) is 6.44. The number of carbonyl (C=O) groups excluding carboxylic acids is 2. The number of unbranched alkanes of at least 4 members (excludes halogenated alkanes) is 20. The van der Waals surface area contributed by atoms with Crippen LogP contribution in [0, 0.1) is 0 Å². The molecule has 8 nitrogen and oxygen atoms in total. The Morgan fingerprint density at radius 2 is 0.964 bits per heavy atom. The van der Waals surface area contributed by atoms with E-state index in [1.165, 1.54) is 77.0 Å². The number of hydrogen-bond acceptors (Lipinski definition) is 6. The minimum absolute atomic E-state index is 0.0478. The van der Waals surface area contributed by atoms with E-state index < -0.39 is 18.1 Å². The summed E-state index contributed by atoms with van der Waals surface area (Å²) < 4.78 is 17.2. The highest BCUT2D eigenvalue weighted by atomic mass is 16.6. The molecule has 0 aromatic heterocycles. The molecule has 0 spiro atoms. The van der Waals surface area contributed by atoms with Crippen molar-refractivity contribution in [3.05, 3.63) is 48.6 Å². The number of carbonyl (C=O) groups is 3. The highest BCUT2D eigenvalue weighted by molar-refractivity contribution is 5.72. The van der Waals surface area contributed by atoms with Crippen molar-refractivity contribution >= 4 is 17.9 Å². The van der Waals surface area contributed by atoms with Gasteiger partial charge in [-0.3, -0.25) is 9.59 Å². The summed E-state index contributed by atoms with van der Waals surface area (Å²) in [5, 5.41) is 9.62. The second-order valence-corrected chi connectivity index (χ2v) is 16.4. The molecular formula is C48H86NO7+. The number of carboxylic acids is 1. The van der Waals surface area contributed by atoms with Crippen molar-refractivity contribution in [3.63, 3.8) is 0 Å². The number of nitrogens with zero attached hydrogens (tertiary/aromatic N) is 1. The van der Waals surface area contributed by atoms with Crippen molar-refractivity contribution in [2.75, 3.05) is 41.0 Å². The first-order valence-electron chi connectivity index (χ1n) is 22.7. The summed E-state index contributed by atoms with van der Waals surface area (Å²) in [6, 6.07) is -0.621. The fraction of sp³-hybridized carbons (Fsp3) is 0.771.